The van der Waals surface area contributed by atoms with Gasteiger partial charge in [-0.2, -0.15) is 0 Å². The highest BCUT2D eigenvalue weighted by molar-refractivity contribution is 6.32. The van der Waals surface area contributed by atoms with Crippen LogP contribution >= 0.6 is 11.6 Å². The van der Waals surface area contributed by atoms with E-state index in [1.165, 1.54) is 24.8 Å². The summed E-state index contributed by atoms with van der Waals surface area (Å²) in [6.07, 6.45) is 8.54. The van der Waals surface area contributed by atoms with E-state index in [1.54, 1.807) is 0 Å². The molecule has 3 unspecified atom stereocenters. The summed E-state index contributed by atoms with van der Waals surface area (Å²) in [5.74, 6) is 0. The van der Waals surface area contributed by atoms with Crippen LogP contribution in [0.4, 0.5) is 0 Å². The molecule has 0 radical (unpaired) electrons. The van der Waals surface area contributed by atoms with Crippen molar-refractivity contribution >= 4 is 17.7 Å². The first-order chi connectivity index (χ1) is 11.2. The molecule has 0 spiro atoms. The minimum Gasteiger partial charge on any atom is -0.394 e. The van der Waals surface area contributed by atoms with Gasteiger partial charge in [0, 0.05) is 17.9 Å². The zero-order valence-corrected chi connectivity index (χ0v) is 14.1. The molecule has 126 valence electrons. The highest BCUT2D eigenvalue weighted by atomic mass is 35.5. The van der Waals surface area contributed by atoms with Crippen LogP contribution in [0, 0.1) is 0 Å². The number of halogens is 1. The number of benzene rings is 1. The maximum atomic E-state index is 10.00. The molecule has 4 heteroatoms. The van der Waals surface area contributed by atoms with Crippen molar-refractivity contribution in [3.63, 3.8) is 0 Å². The van der Waals surface area contributed by atoms with Crippen LogP contribution in [-0.2, 0) is 4.74 Å². The second-order valence-electron chi connectivity index (χ2n) is 6.70. The molecule has 3 atom stereocenters. The maximum Gasteiger partial charge on any atom is 0.0854 e. The molecule has 0 aromatic heterocycles. The Morgan fingerprint density at radius 1 is 1.17 bits per heavy atom. The van der Waals surface area contributed by atoms with Gasteiger partial charge in [0.15, 0.2) is 0 Å². The lowest BCUT2D eigenvalue weighted by molar-refractivity contribution is -0.113. The highest BCUT2D eigenvalue weighted by Crippen LogP contribution is 2.34. The molecule has 3 nitrogen and oxygen atoms in total. The van der Waals surface area contributed by atoms with Gasteiger partial charge in [-0.1, -0.05) is 35.7 Å². The second kappa shape index (κ2) is 7.80. The summed E-state index contributed by atoms with van der Waals surface area (Å²) in [6.45, 7) is -0.0575. The number of aliphatic hydroxyl groups is 2. The van der Waals surface area contributed by atoms with Crippen molar-refractivity contribution in [3.05, 3.63) is 39.9 Å². The Balaban J connectivity index is 1.82. The predicted octanol–water partition coefficient (Wildman–Crippen LogP) is 4.26. The van der Waals surface area contributed by atoms with Crippen LogP contribution in [-0.4, -0.2) is 29.0 Å². The third kappa shape index (κ3) is 4.36. The number of rotatable bonds is 3. The SMILES string of the molecule is OCC1CC(O)CC(c2ccc(Cl)c(C=C3CCCCC3)c2)O1. The molecule has 3 rings (SSSR count). The minimum atomic E-state index is -0.429. The zero-order chi connectivity index (χ0) is 16.2. The van der Waals surface area contributed by atoms with E-state index >= 15 is 0 Å². The van der Waals surface area contributed by atoms with Gasteiger partial charge in [-0.25, -0.2) is 0 Å². The standard InChI is InChI=1S/C19H25ClO3/c20-18-7-6-14(19-11-16(22)10-17(12-21)23-19)9-15(18)8-13-4-2-1-3-5-13/h6-9,16-17,19,21-22H,1-5,10-12H2. The van der Waals surface area contributed by atoms with Crippen molar-refractivity contribution in [2.45, 2.75) is 63.3 Å². The molecule has 0 amide bonds. The van der Waals surface area contributed by atoms with Crippen molar-refractivity contribution in [1.29, 1.82) is 0 Å². The van der Waals surface area contributed by atoms with E-state index in [0.717, 1.165) is 29.0 Å². The lowest BCUT2D eigenvalue weighted by atomic mass is 9.92. The molecule has 1 aromatic carbocycles. The minimum absolute atomic E-state index is 0.0575. The largest absolute Gasteiger partial charge is 0.394 e. The van der Waals surface area contributed by atoms with Gasteiger partial charge in [-0.15, -0.1) is 0 Å². The van der Waals surface area contributed by atoms with Crippen LogP contribution in [0.5, 0.6) is 0 Å². The van der Waals surface area contributed by atoms with Crippen LogP contribution in [0.2, 0.25) is 5.02 Å². The first-order valence-electron chi connectivity index (χ1n) is 8.59. The molecule has 2 fully saturated rings. The fourth-order valence-electron chi connectivity index (χ4n) is 3.57. The summed E-state index contributed by atoms with van der Waals surface area (Å²) in [5.41, 5.74) is 3.52. The first kappa shape index (κ1) is 17.0. The van der Waals surface area contributed by atoms with Crippen molar-refractivity contribution in [3.8, 4) is 0 Å². The van der Waals surface area contributed by atoms with Crippen molar-refractivity contribution in [1.82, 2.24) is 0 Å². The Labute approximate surface area is 142 Å². The Bertz CT molecular complexity index is 562. The second-order valence-corrected chi connectivity index (χ2v) is 7.11. The summed E-state index contributed by atoms with van der Waals surface area (Å²) in [4.78, 5) is 0. The lowest BCUT2D eigenvalue weighted by Gasteiger charge is -2.32. The Kier molecular flexibility index (Phi) is 5.76. The van der Waals surface area contributed by atoms with Crippen molar-refractivity contribution in [2.75, 3.05) is 6.61 Å². The molecule has 1 aliphatic carbocycles. The topological polar surface area (TPSA) is 49.7 Å². The number of allylic oxidation sites excluding steroid dienone is 1. The van der Waals surface area contributed by atoms with Crippen LogP contribution in [0.1, 0.15) is 62.2 Å². The maximum absolute atomic E-state index is 10.00. The molecule has 2 N–H and O–H groups in total. The molecule has 2 aliphatic rings. The molecule has 0 bridgehead atoms. The van der Waals surface area contributed by atoms with Crippen LogP contribution in [0.25, 0.3) is 6.08 Å². The third-order valence-electron chi connectivity index (χ3n) is 4.83. The summed E-state index contributed by atoms with van der Waals surface area (Å²) in [6, 6.07) is 5.94. The fraction of sp³-hybridized carbons (Fsp3) is 0.579. The average Bonchev–Trinajstić information content (AvgIpc) is 2.57. The lowest BCUT2D eigenvalue weighted by Crippen LogP contribution is -2.33. The van der Waals surface area contributed by atoms with E-state index in [-0.39, 0.29) is 18.8 Å². The van der Waals surface area contributed by atoms with Gasteiger partial charge in [-0.05, 0) is 48.9 Å². The zero-order valence-electron chi connectivity index (χ0n) is 13.4. The Hall–Kier alpha value is -0.870. The van der Waals surface area contributed by atoms with E-state index in [4.69, 9.17) is 16.3 Å². The van der Waals surface area contributed by atoms with Gasteiger partial charge in [0.25, 0.3) is 0 Å². The van der Waals surface area contributed by atoms with Crippen LogP contribution < -0.4 is 0 Å². The molecule has 23 heavy (non-hydrogen) atoms. The molecule has 1 saturated carbocycles. The van der Waals surface area contributed by atoms with Gasteiger partial charge >= 0.3 is 0 Å². The van der Waals surface area contributed by atoms with Gasteiger partial charge in [-0.3, -0.25) is 0 Å². The molecular weight excluding hydrogens is 312 g/mol. The number of hydrogen-bond acceptors (Lipinski definition) is 3. The van der Waals surface area contributed by atoms with Crippen molar-refractivity contribution in [2.24, 2.45) is 0 Å². The predicted molar refractivity (Wildman–Crippen MR) is 92.5 cm³/mol. The van der Waals surface area contributed by atoms with Gasteiger partial charge in [0.05, 0.1) is 24.9 Å². The summed E-state index contributed by atoms with van der Waals surface area (Å²) in [7, 11) is 0. The fourth-order valence-corrected chi connectivity index (χ4v) is 3.74. The Morgan fingerprint density at radius 2 is 1.96 bits per heavy atom. The third-order valence-corrected chi connectivity index (χ3v) is 5.17. The van der Waals surface area contributed by atoms with E-state index in [0.29, 0.717) is 12.8 Å². The van der Waals surface area contributed by atoms with E-state index in [2.05, 4.69) is 12.1 Å². The highest BCUT2D eigenvalue weighted by Gasteiger charge is 2.29. The quantitative estimate of drug-likeness (QED) is 0.867. The summed E-state index contributed by atoms with van der Waals surface area (Å²) < 4.78 is 5.90. The summed E-state index contributed by atoms with van der Waals surface area (Å²) in [5, 5.41) is 20.1. The van der Waals surface area contributed by atoms with Gasteiger partial charge in [0.2, 0.25) is 0 Å². The smallest absolute Gasteiger partial charge is 0.0854 e. The van der Waals surface area contributed by atoms with E-state index < -0.39 is 6.10 Å². The normalized spacial score (nSPS) is 28.7. The van der Waals surface area contributed by atoms with Gasteiger partial charge in [0.1, 0.15) is 0 Å². The Morgan fingerprint density at radius 3 is 2.70 bits per heavy atom. The molecule has 1 heterocycles. The number of aliphatic hydroxyl groups excluding tert-OH is 2. The van der Waals surface area contributed by atoms with Gasteiger partial charge < -0.3 is 14.9 Å². The molecule has 1 aliphatic heterocycles. The average molecular weight is 337 g/mol. The number of ether oxygens (including phenoxy) is 1. The summed E-state index contributed by atoms with van der Waals surface area (Å²) >= 11 is 6.36. The molecular formula is C19H25ClO3. The van der Waals surface area contributed by atoms with Crippen LogP contribution in [0.15, 0.2) is 23.8 Å². The molecule has 1 aromatic rings. The monoisotopic (exact) mass is 336 g/mol. The van der Waals surface area contributed by atoms with Crippen molar-refractivity contribution < 1.29 is 14.9 Å². The number of hydrogen-bond donors (Lipinski definition) is 2. The molecule has 1 saturated heterocycles. The van der Waals surface area contributed by atoms with E-state index in [1.807, 2.05) is 12.1 Å². The van der Waals surface area contributed by atoms with Crippen LogP contribution in [0.3, 0.4) is 0 Å². The first-order valence-corrected chi connectivity index (χ1v) is 8.97. The van der Waals surface area contributed by atoms with E-state index in [9.17, 15) is 10.2 Å².